The van der Waals surface area contributed by atoms with Crippen molar-refractivity contribution in [2.75, 3.05) is 16.8 Å². The first-order valence-electron chi connectivity index (χ1n) is 10.3. The van der Waals surface area contributed by atoms with Gasteiger partial charge < -0.3 is 15.2 Å². The number of hydrogen-bond donors (Lipinski definition) is 2. The zero-order chi connectivity index (χ0) is 22.0. The van der Waals surface area contributed by atoms with Crippen LogP contribution in [0.3, 0.4) is 0 Å². The van der Waals surface area contributed by atoms with E-state index in [4.69, 9.17) is 11.6 Å². The largest absolute Gasteiger partial charge is 0.346 e. The minimum absolute atomic E-state index is 0.0307. The van der Waals surface area contributed by atoms with Crippen LogP contribution in [0.5, 0.6) is 0 Å². The standard InChI is InChI=1S/C21H25ClN8O/c1-4-17-9-23-21(31)30(17)20-27-14(3)26-19(28-20)25-13(2)18-11-29(12-24-18)10-15-5-7-16(22)8-6-15/h5-8,11-13,17H,4,9-10H2,1-3H3,(H,23,31)(H,25,26,27,28)/t13-,17-/m0/s1. The Hall–Kier alpha value is -3.20. The first kappa shape index (κ1) is 21.0. The maximum Gasteiger partial charge on any atom is 0.324 e. The third kappa shape index (κ3) is 4.77. The van der Waals surface area contributed by atoms with E-state index in [9.17, 15) is 4.79 Å². The summed E-state index contributed by atoms with van der Waals surface area (Å²) in [5.74, 6) is 1.32. The fourth-order valence-corrected chi connectivity index (χ4v) is 3.65. The smallest absolute Gasteiger partial charge is 0.324 e. The number of benzene rings is 1. The van der Waals surface area contributed by atoms with Crippen molar-refractivity contribution in [2.45, 2.75) is 45.8 Å². The van der Waals surface area contributed by atoms with Crippen molar-refractivity contribution in [1.29, 1.82) is 0 Å². The number of amides is 2. The van der Waals surface area contributed by atoms with Gasteiger partial charge in [0.05, 0.1) is 24.1 Å². The predicted octanol–water partition coefficient (Wildman–Crippen LogP) is 3.56. The second-order valence-corrected chi connectivity index (χ2v) is 8.02. The Kier molecular flexibility index (Phi) is 6.03. The fourth-order valence-electron chi connectivity index (χ4n) is 3.52. The van der Waals surface area contributed by atoms with Crippen LogP contribution in [-0.4, -0.2) is 43.1 Å². The molecule has 1 aliphatic heterocycles. The second-order valence-electron chi connectivity index (χ2n) is 7.59. The van der Waals surface area contributed by atoms with Gasteiger partial charge in [0.25, 0.3) is 0 Å². The molecule has 9 nitrogen and oxygen atoms in total. The number of rotatable bonds is 7. The number of carbonyl (C=O) groups is 1. The van der Waals surface area contributed by atoms with Crippen LogP contribution < -0.4 is 15.5 Å². The van der Waals surface area contributed by atoms with Crippen molar-refractivity contribution < 1.29 is 4.79 Å². The lowest BCUT2D eigenvalue weighted by Crippen LogP contribution is -2.35. The monoisotopic (exact) mass is 440 g/mol. The minimum Gasteiger partial charge on any atom is -0.346 e. The quantitative estimate of drug-likeness (QED) is 0.582. The fraction of sp³-hybridized carbons (Fsp3) is 0.381. The molecule has 2 aromatic heterocycles. The van der Waals surface area contributed by atoms with Crippen LogP contribution in [0.4, 0.5) is 16.7 Å². The molecular weight excluding hydrogens is 416 g/mol. The number of hydrogen-bond acceptors (Lipinski definition) is 6. The van der Waals surface area contributed by atoms with Gasteiger partial charge in [-0.3, -0.25) is 4.90 Å². The van der Waals surface area contributed by atoms with E-state index >= 15 is 0 Å². The van der Waals surface area contributed by atoms with E-state index in [1.165, 1.54) is 0 Å². The first-order chi connectivity index (χ1) is 14.9. The molecule has 3 heterocycles. The van der Waals surface area contributed by atoms with Crippen molar-refractivity contribution in [3.8, 4) is 0 Å². The highest BCUT2D eigenvalue weighted by Crippen LogP contribution is 2.21. The van der Waals surface area contributed by atoms with Crippen molar-refractivity contribution in [1.82, 2.24) is 29.8 Å². The number of aromatic nitrogens is 5. The molecule has 2 atom stereocenters. The SMILES string of the molecule is CC[C@H]1CNC(=O)N1c1nc(C)nc(N[C@@H](C)c2cn(Cc3ccc(Cl)cc3)cn2)n1. The number of carbonyl (C=O) groups excluding carboxylic acids is 1. The molecule has 31 heavy (non-hydrogen) atoms. The van der Waals surface area contributed by atoms with Crippen molar-refractivity contribution in [3.05, 3.63) is 58.9 Å². The van der Waals surface area contributed by atoms with Gasteiger partial charge in [0.1, 0.15) is 5.82 Å². The topological polar surface area (TPSA) is 101 Å². The van der Waals surface area contributed by atoms with Gasteiger partial charge in [-0.25, -0.2) is 9.78 Å². The summed E-state index contributed by atoms with van der Waals surface area (Å²) in [4.78, 5) is 31.6. The number of halogens is 1. The lowest BCUT2D eigenvalue weighted by Gasteiger charge is -2.21. The van der Waals surface area contributed by atoms with Gasteiger partial charge >= 0.3 is 6.03 Å². The number of urea groups is 1. The van der Waals surface area contributed by atoms with Crippen LogP contribution in [0.15, 0.2) is 36.8 Å². The van der Waals surface area contributed by atoms with Crippen LogP contribution in [0.25, 0.3) is 0 Å². The van der Waals surface area contributed by atoms with E-state index < -0.39 is 0 Å². The second kappa shape index (κ2) is 8.89. The highest BCUT2D eigenvalue weighted by atomic mass is 35.5. The minimum atomic E-state index is -0.183. The number of imidazole rings is 1. The number of nitrogens with one attached hydrogen (secondary N) is 2. The lowest BCUT2D eigenvalue weighted by molar-refractivity contribution is 0.251. The molecule has 0 aliphatic carbocycles. The average Bonchev–Trinajstić information content (AvgIpc) is 3.35. The van der Waals surface area contributed by atoms with Gasteiger partial charge in [-0.05, 0) is 38.0 Å². The Morgan fingerprint density at radius 3 is 2.77 bits per heavy atom. The molecule has 1 aliphatic rings. The summed E-state index contributed by atoms with van der Waals surface area (Å²) in [6.45, 7) is 7.11. The Bertz CT molecular complexity index is 1070. The molecule has 162 valence electrons. The molecule has 3 aromatic rings. The average molecular weight is 441 g/mol. The van der Waals surface area contributed by atoms with E-state index in [1.54, 1.807) is 18.2 Å². The van der Waals surface area contributed by atoms with Gasteiger partial charge in [-0.2, -0.15) is 15.0 Å². The predicted molar refractivity (Wildman–Crippen MR) is 119 cm³/mol. The van der Waals surface area contributed by atoms with Gasteiger partial charge in [-0.15, -0.1) is 0 Å². The molecule has 4 rings (SSSR count). The molecule has 0 unspecified atom stereocenters. The maximum absolute atomic E-state index is 12.3. The molecule has 0 bridgehead atoms. The molecule has 0 radical (unpaired) electrons. The van der Waals surface area contributed by atoms with E-state index in [0.29, 0.717) is 30.8 Å². The van der Waals surface area contributed by atoms with Gasteiger partial charge in [0.2, 0.25) is 11.9 Å². The lowest BCUT2D eigenvalue weighted by atomic mass is 10.2. The third-order valence-corrected chi connectivity index (χ3v) is 5.47. The van der Waals surface area contributed by atoms with E-state index in [0.717, 1.165) is 22.7 Å². The summed E-state index contributed by atoms with van der Waals surface area (Å²) >= 11 is 5.96. The molecule has 0 saturated carbocycles. The molecule has 1 fully saturated rings. The van der Waals surface area contributed by atoms with Crippen LogP contribution in [0.2, 0.25) is 5.02 Å². The van der Waals surface area contributed by atoms with Crippen molar-refractivity contribution in [2.24, 2.45) is 0 Å². The van der Waals surface area contributed by atoms with Gasteiger partial charge in [0, 0.05) is 24.3 Å². The summed E-state index contributed by atoms with van der Waals surface area (Å²) in [6, 6.07) is 7.47. The molecule has 1 aromatic carbocycles. The summed E-state index contributed by atoms with van der Waals surface area (Å²) in [5.41, 5.74) is 2.00. The van der Waals surface area contributed by atoms with Crippen molar-refractivity contribution >= 4 is 29.5 Å². The molecule has 0 spiro atoms. The van der Waals surface area contributed by atoms with E-state index in [-0.39, 0.29) is 18.1 Å². The summed E-state index contributed by atoms with van der Waals surface area (Å²) in [5, 5.41) is 6.85. The number of nitrogens with zero attached hydrogens (tertiary/aromatic N) is 6. The third-order valence-electron chi connectivity index (χ3n) is 5.22. The Balaban J connectivity index is 1.48. The number of aryl methyl sites for hydroxylation is 1. The zero-order valence-electron chi connectivity index (χ0n) is 17.7. The summed E-state index contributed by atoms with van der Waals surface area (Å²) in [7, 11) is 0. The number of anilines is 2. The maximum atomic E-state index is 12.3. The highest BCUT2D eigenvalue weighted by molar-refractivity contribution is 6.30. The highest BCUT2D eigenvalue weighted by Gasteiger charge is 2.33. The normalized spacial score (nSPS) is 17.0. The van der Waals surface area contributed by atoms with E-state index in [1.807, 2.05) is 48.9 Å². The Morgan fingerprint density at radius 2 is 2.03 bits per heavy atom. The molecule has 1 saturated heterocycles. The molecule has 2 N–H and O–H groups in total. The van der Waals surface area contributed by atoms with Crippen LogP contribution in [0, 0.1) is 6.92 Å². The van der Waals surface area contributed by atoms with Crippen LogP contribution in [0.1, 0.15) is 43.4 Å². The van der Waals surface area contributed by atoms with Crippen LogP contribution in [-0.2, 0) is 6.54 Å². The molecular formula is C21H25ClN8O. The Morgan fingerprint density at radius 1 is 1.26 bits per heavy atom. The summed E-state index contributed by atoms with van der Waals surface area (Å²) < 4.78 is 2.02. The summed E-state index contributed by atoms with van der Waals surface area (Å²) in [6.07, 6.45) is 4.60. The molecule has 10 heteroatoms. The first-order valence-corrected chi connectivity index (χ1v) is 10.6. The van der Waals surface area contributed by atoms with Gasteiger partial charge in [0.15, 0.2) is 0 Å². The Labute approximate surface area is 185 Å². The van der Waals surface area contributed by atoms with Gasteiger partial charge in [-0.1, -0.05) is 30.7 Å². The molecule has 2 amide bonds. The van der Waals surface area contributed by atoms with Crippen molar-refractivity contribution in [3.63, 3.8) is 0 Å². The van der Waals surface area contributed by atoms with E-state index in [2.05, 4.69) is 30.6 Å². The van der Waals surface area contributed by atoms with Crippen LogP contribution >= 0.6 is 11.6 Å². The zero-order valence-corrected chi connectivity index (χ0v) is 18.5.